The smallest absolute Gasteiger partial charge is 0.161 e. The molecule has 0 rings (SSSR count). The predicted molar refractivity (Wildman–Crippen MR) is 82.9 cm³/mol. The van der Waals surface area contributed by atoms with Crippen molar-refractivity contribution in [2.75, 3.05) is 14.2 Å². The summed E-state index contributed by atoms with van der Waals surface area (Å²) in [5.41, 5.74) is 3.35. The molecule has 0 spiro atoms. The summed E-state index contributed by atoms with van der Waals surface area (Å²) in [5, 5.41) is 0. The zero-order valence-electron chi connectivity index (χ0n) is 14.8. The molecular weight excluding hydrogens is 224 g/mol. The Bertz CT molecular complexity index is 190. The minimum absolute atomic E-state index is 0.417. The second-order valence-electron chi connectivity index (χ2n) is 6.81. The minimum atomic E-state index is -0.417. The van der Waals surface area contributed by atoms with Crippen molar-refractivity contribution in [3.05, 3.63) is 11.1 Å². The van der Waals surface area contributed by atoms with E-state index in [0.29, 0.717) is 5.41 Å². The topological polar surface area (TPSA) is 18.5 Å². The van der Waals surface area contributed by atoms with Crippen LogP contribution in [0, 0.1) is 5.41 Å². The monoisotopic (exact) mass is 260 g/mol. The number of ether oxygens (including phenoxy) is 2. The predicted octanol–water partition coefficient (Wildman–Crippen LogP) is 5.43. The van der Waals surface area contributed by atoms with Crippen LogP contribution in [-0.2, 0) is 9.47 Å². The third kappa shape index (κ3) is 36.1. The van der Waals surface area contributed by atoms with E-state index >= 15 is 0 Å². The molecule has 0 aliphatic carbocycles. The molecule has 0 aromatic carbocycles. The van der Waals surface area contributed by atoms with Crippen LogP contribution in [0.3, 0.4) is 0 Å². The zero-order chi connectivity index (χ0) is 15.6. The van der Waals surface area contributed by atoms with Crippen molar-refractivity contribution in [3.8, 4) is 0 Å². The molecule has 0 heterocycles. The molecule has 18 heavy (non-hydrogen) atoms. The van der Waals surface area contributed by atoms with Crippen LogP contribution >= 0.6 is 0 Å². The lowest BCUT2D eigenvalue weighted by Gasteiger charge is -2.19. The SMILES string of the molecule is CC(C)(C)C.CC(C)=C(C)C.COC(C)(C)OC. The Hall–Kier alpha value is -0.340. The van der Waals surface area contributed by atoms with Crippen molar-refractivity contribution in [2.24, 2.45) is 5.41 Å². The lowest BCUT2D eigenvalue weighted by molar-refractivity contribution is -0.178. The lowest BCUT2D eigenvalue weighted by atomic mass is 10.0. The number of hydrogen-bond donors (Lipinski definition) is 0. The van der Waals surface area contributed by atoms with Crippen LogP contribution in [0.15, 0.2) is 11.1 Å². The first-order valence-corrected chi connectivity index (χ1v) is 6.47. The van der Waals surface area contributed by atoms with Crippen molar-refractivity contribution in [3.63, 3.8) is 0 Å². The Morgan fingerprint density at radius 1 is 0.611 bits per heavy atom. The van der Waals surface area contributed by atoms with Crippen molar-refractivity contribution < 1.29 is 9.47 Å². The van der Waals surface area contributed by atoms with Crippen molar-refractivity contribution in [1.82, 2.24) is 0 Å². The van der Waals surface area contributed by atoms with Gasteiger partial charge in [-0.3, -0.25) is 0 Å². The highest BCUT2D eigenvalue weighted by molar-refractivity contribution is 5.02. The Morgan fingerprint density at radius 3 is 0.778 bits per heavy atom. The quantitative estimate of drug-likeness (QED) is 0.487. The first-order valence-electron chi connectivity index (χ1n) is 6.47. The fourth-order valence-corrected chi connectivity index (χ4v) is 0.0833. The van der Waals surface area contributed by atoms with Gasteiger partial charge >= 0.3 is 0 Å². The van der Waals surface area contributed by atoms with E-state index in [1.165, 1.54) is 11.1 Å². The van der Waals surface area contributed by atoms with Crippen molar-refractivity contribution in [2.45, 2.75) is 75.0 Å². The number of methoxy groups -OCH3 is 2. The highest BCUT2D eigenvalue weighted by atomic mass is 16.7. The summed E-state index contributed by atoms with van der Waals surface area (Å²) in [6.07, 6.45) is 0. The van der Waals surface area contributed by atoms with E-state index in [-0.39, 0.29) is 0 Å². The molecule has 2 heteroatoms. The van der Waals surface area contributed by atoms with Gasteiger partial charge in [0.1, 0.15) is 0 Å². The summed E-state index contributed by atoms with van der Waals surface area (Å²) in [4.78, 5) is 0. The van der Waals surface area contributed by atoms with Gasteiger partial charge in [0.05, 0.1) is 0 Å². The summed E-state index contributed by atoms with van der Waals surface area (Å²) in [6, 6.07) is 0. The Balaban J connectivity index is -0.000000190. The maximum atomic E-state index is 4.86. The van der Waals surface area contributed by atoms with E-state index in [0.717, 1.165) is 0 Å². The molecule has 0 amide bonds. The maximum absolute atomic E-state index is 4.86. The molecule has 0 saturated heterocycles. The van der Waals surface area contributed by atoms with Crippen LogP contribution in [0.25, 0.3) is 0 Å². The van der Waals surface area contributed by atoms with Crippen molar-refractivity contribution >= 4 is 0 Å². The Kier molecular flexibility index (Phi) is 13.4. The van der Waals surface area contributed by atoms with Crippen LogP contribution in [0.5, 0.6) is 0 Å². The lowest BCUT2D eigenvalue weighted by Crippen LogP contribution is -2.24. The molecule has 0 saturated carbocycles. The van der Waals surface area contributed by atoms with E-state index < -0.39 is 5.79 Å². The highest BCUT2D eigenvalue weighted by Crippen LogP contribution is 2.08. The van der Waals surface area contributed by atoms with Gasteiger partial charge in [0.15, 0.2) is 5.79 Å². The van der Waals surface area contributed by atoms with Gasteiger partial charge < -0.3 is 9.47 Å². The molecule has 112 valence electrons. The minimum Gasteiger partial charge on any atom is -0.354 e. The molecule has 0 atom stereocenters. The van der Waals surface area contributed by atoms with Gasteiger partial charge in [-0.2, -0.15) is 0 Å². The van der Waals surface area contributed by atoms with Crippen molar-refractivity contribution in [1.29, 1.82) is 0 Å². The molecule has 0 N–H and O–H groups in total. The van der Waals surface area contributed by atoms with Crippen LogP contribution in [0.4, 0.5) is 0 Å². The molecule has 0 bridgehead atoms. The molecule has 0 radical (unpaired) electrons. The van der Waals surface area contributed by atoms with E-state index in [1.807, 2.05) is 13.8 Å². The third-order valence-corrected chi connectivity index (χ3v) is 1.98. The first kappa shape index (κ1) is 22.8. The second kappa shape index (κ2) is 10.6. The molecule has 0 fully saturated rings. The summed E-state index contributed by atoms with van der Waals surface area (Å²) < 4.78 is 9.73. The summed E-state index contributed by atoms with van der Waals surface area (Å²) >= 11 is 0. The maximum Gasteiger partial charge on any atom is 0.161 e. The van der Waals surface area contributed by atoms with E-state index in [9.17, 15) is 0 Å². The second-order valence-corrected chi connectivity index (χ2v) is 6.81. The van der Waals surface area contributed by atoms with Crippen LogP contribution in [-0.4, -0.2) is 20.0 Å². The zero-order valence-corrected chi connectivity index (χ0v) is 14.8. The highest BCUT2D eigenvalue weighted by Gasteiger charge is 2.11. The number of hydrogen-bond acceptors (Lipinski definition) is 2. The molecular formula is C16H36O2. The summed E-state index contributed by atoms with van der Waals surface area (Å²) in [7, 11) is 3.23. The number of allylic oxidation sites excluding steroid dienone is 2. The van der Waals surface area contributed by atoms with Gasteiger partial charge in [0.2, 0.25) is 0 Å². The molecule has 0 aromatic rings. The molecule has 0 aromatic heterocycles. The number of rotatable bonds is 2. The third-order valence-electron chi connectivity index (χ3n) is 1.98. The van der Waals surface area contributed by atoms with E-state index in [2.05, 4.69) is 55.4 Å². The fourth-order valence-electron chi connectivity index (χ4n) is 0.0833. The fraction of sp³-hybridized carbons (Fsp3) is 0.875. The van der Waals surface area contributed by atoms with Gasteiger partial charge in [-0.15, -0.1) is 0 Å². The average molecular weight is 260 g/mol. The summed E-state index contributed by atoms with van der Waals surface area (Å²) in [6.45, 7) is 20.9. The van der Waals surface area contributed by atoms with Gasteiger partial charge in [0.25, 0.3) is 0 Å². The van der Waals surface area contributed by atoms with Crippen LogP contribution in [0.2, 0.25) is 0 Å². The largest absolute Gasteiger partial charge is 0.354 e. The molecule has 0 unspecified atom stereocenters. The van der Waals surface area contributed by atoms with E-state index in [4.69, 9.17) is 9.47 Å². The molecule has 2 nitrogen and oxygen atoms in total. The van der Waals surface area contributed by atoms with E-state index in [1.54, 1.807) is 14.2 Å². The Labute approximate surface area is 116 Å². The Morgan fingerprint density at radius 2 is 0.778 bits per heavy atom. The van der Waals surface area contributed by atoms with Crippen LogP contribution in [0.1, 0.15) is 69.2 Å². The normalized spacial score (nSPS) is 10.7. The van der Waals surface area contributed by atoms with Gasteiger partial charge in [-0.25, -0.2) is 0 Å². The average Bonchev–Trinajstić information content (AvgIpc) is 2.16. The van der Waals surface area contributed by atoms with Gasteiger partial charge in [-0.05, 0) is 47.0 Å². The van der Waals surface area contributed by atoms with Gasteiger partial charge in [-0.1, -0.05) is 38.8 Å². The van der Waals surface area contributed by atoms with Gasteiger partial charge in [0, 0.05) is 14.2 Å². The summed E-state index contributed by atoms with van der Waals surface area (Å²) in [5.74, 6) is -0.417. The standard InChI is InChI=1S/C6H12.C5H12O2.C5H12/c1-5(2)6(3)4;1-5(2,6-3)7-4;1-5(2,3)4/h1-4H3;1-4H3;1-4H3. The molecule has 0 aliphatic rings. The molecule has 0 aliphatic heterocycles. The van der Waals surface area contributed by atoms with Crippen LogP contribution < -0.4 is 0 Å². The first-order chi connectivity index (χ1) is 7.76.